The molecule has 0 atom stereocenters. The minimum Gasteiger partial charge on any atom is -0.207 e. The van der Waals surface area contributed by atoms with Crippen LogP contribution in [0.15, 0.2) is 21.5 Å². The van der Waals surface area contributed by atoms with Crippen molar-refractivity contribution in [3.63, 3.8) is 0 Å². The van der Waals surface area contributed by atoms with E-state index in [1.807, 2.05) is 24.8 Å². The lowest BCUT2D eigenvalue weighted by Crippen LogP contribution is -2.46. The molecule has 0 bridgehead atoms. The molecule has 0 aromatic heterocycles. The molecule has 2 rings (SSSR count). The molecule has 0 radical (unpaired) electrons. The zero-order chi connectivity index (χ0) is 15.8. The highest BCUT2D eigenvalue weighted by Crippen LogP contribution is 2.34. The molecular formula is C14H19BrClNO2S2. The Morgan fingerprint density at radius 1 is 1.43 bits per heavy atom. The molecule has 0 aliphatic carbocycles. The maximum Gasteiger partial charge on any atom is 0.243 e. The third-order valence-electron chi connectivity index (χ3n) is 3.52. The number of alkyl halides is 1. The molecule has 1 fully saturated rings. The summed E-state index contributed by atoms with van der Waals surface area (Å²) in [6.07, 6.45) is 0. The summed E-state index contributed by atoms with van der Waals surface area (Å²) in [5.41, 5.74) is 1.54. The SMILES string of the molecule is Cc1c(Br)cc(CCl)cc1S(=O)(=O)N1CCSC(C)(C)C1. The van der Waals surface area contributed by atoms with Crippen LogP contribution in [0.5, 0.6) is 0 Å². The molecular weight excluding hydrogens is 394 g/mol. The number of benzene rings is 1. The van der Waals surface area contributed by atoms with Crippen molar-refractivity contribution in [1.82, 2.24) is 4.31 Å². The van der Waals surface area contributed by atoms with Gasteiger partial charge in [0.05, 0.1) is 4.90 Å². The van der Waals surface area contributed by atoms with Gasteiger partial charge < -0.3 is 0 Å². The third-order valence-corrected chi connectivity index (χ3v) is 7.92. The van der Waals surface area contributed by atoms with Crippen molar-refractivity contribution >= 4 is 49.3 Å². The number of sulfonamides is 1. The van der Waals surface area contributed by atoms with Crippen LogP contribution in [0.25, 0.3) is 0 Å². The molecule has 1 aliphatic rings. The van der Waals surface area contributed by atoms with Gasteiger partial charge in [0.1, 0.15) is 0 Å². The first kappa shape index (κ1) is 17.6. The molecule has 1 heterocycles. The first-order valence-electron chi connectivity index (χ1n) is 6.66. The number of rotatable bonds is 3. The van der Waals surface area contributed by atoms with Crippen LogP contribution in [0, 0.1) is 6.92 Å². The van der Waals surface area contributed by atoms with E-state index >= 15 is 0 Å². The second kappa shape index (κ2) is 6.40. The van der Waals surface area contributed by atoms with Crippen molar-refractivity contribution in [2.24, 2.45) is 0 Å². The van der Waals surface area contributed by atoms with Gasteiger partial charge in [-0.05, 0) is 44.0 Å². The minimum atomic E-state index is -3.49. The first-order chi connectivity index (χ1) is 9.67. The normalized spacial score (nSPS) is 19.7. The van der Waals surface area contributed by atoms with Gasteiger partial charge in [0.15, 0.2) is 0 Å². The van der Waals surface area contributed by atoms with Gasteiger partial charge in [0.2, 0.25) is 10.0 Å². The lowest BCUT2D eigenvalue weighted by atomic mass is 10.2. The zero-order valence-electron chi connectivity index (χ0n) is 12.3. The van der Waals surface area contributed by atoms with Gasteiger partial charge in [0, 0.05) is 33.9 Å². The number of halogens is 2. The van der Waals surface area contributed by atoms with Crippen molar-refractivity contribution in [2.45, 2.75) is 36.3 Å². The van der Waals surface area contributed by atoms with Gasteiger partial charge in [-0.2, -0.15) is 16.1 Å². The van der Waals surface area contributed by atoms with Crippen LogP contribution in [0.3, 0.4) is 0 Å². The molecule has 3 nitrogen and oxygen atoms in total. The molecule has 1 saturated heterocycles. The quantitative estimate of drug-likeness (QED) is 0.704. The molecule has 0 N–H and O–H groups in total. The van der Waals surface area contributed by atoms with Crippen LogP contribution >= 0.6 is 39.3 Å². The summed E-state index contributed by atoms with van der Waals surface area (Å²) in [5, 5.41) is 0. The van der Waals surface area contributed by atoms with Gasteiger partial charge in [-0.15, -0.1) is 11.6 Å². The molecule has 21 heavy (non-hydrogen) atoms. The number of thioether (sulfide) groups is 1. The summed E-state index contributed by atoms with van der Waals surface area (Å²) in [6.45, 7) is 7.06. The van der Waals surface area contributed by atoms with E-state index in [0.29, 0.717) is 23.9 Å². The maximum atomic E-state index is 13.0. The Hall–Kier alpha value is 0.250. The van der Waals surface area contributed by atoms with Crippen LogP contribution < -0.4 is 0 Å². The van der Waals surface area contributed by atoms with Crippen molar-refractivity contribution in [2.75, 3.05) is 18.8 Å². The van der Waals surface area contributed by atoms with Crippen LogP contribution in [0.4, 0.5) is 0 Å². The molecule has 7 heteroatoms. The molecule has 0 unspecified atom stereocenters. The summed E-state index contributed by atoms with van der Waals surface area (Å²) in [4.78, 5) is 0.357. The van der Waals surface area contributed by atoms with E-state index in [4.69, 9.17) is 11.6 Å². The van der Waals surface area contributed by atoms with Crippen molar-refractivity contribution in [3.05, 3.63) is 27.7 Å². The summed E-state index contributed by atoms with van der Waals surface area (Å²) in [5.74, 6) is 1.12. The molecule has 1 aromatic rings. The van der Waals surface area contributed by atoms with Gasteiger partial charge in [-0.1, -0.05) is 15.9 Å². The van der Waals surface area contributed by atoms with Crippen molar-refractivity contribution in [1.29, 1.82) is 0 Å². The van der Waals surface area contributed by atoms with E-state index in [2.05, 4.69) is 29.8 Å². The molecule has 0 amide bonds. The summed E-state index contributed by atoms with van der Waals surface area (Å²) < 4.78 is 28.3. The molecule has 118 valence electrons. The topological polar surface area (TPSA) is 37.4 Å². The standard InChI is InChI=1S/C14H19BrClNO2S2/c1-10-12(15)6-11(8-16)7-13(10)21(18,19)17-4-5-20-14(2,3)9-17/h6-7H,4-5,8-9H2,1-3H3. The fourth-order valence-corrected chi connectivity index (χ4v) is 6.37. The Morgan fingerprint density at radius 3 is 2.67 bits per heavy atom. The zero-order valence-corrected chi connectivity index (χ0v) is 16.3. The van der Waals surface area contributed by atoms with E-state index in [0.717, 1.165) is 21.4 Å². The number of hydrogen-bond donors (Lipinski definition) is 0. The first-order valence-corrected chi connectivity index (χ1v) is 10.4. The molecule has 1 aromatic carbocycles. The van der Waals surface area contributed by atoms with E-state index in [9.17, 15) is 8.42 Å². The van der Waals surface area contributed by atoms with Crippen molar-refractivity contribution < 1.29 is 8.42 Å². The lowest BCUT2D eigenvalue weighted by Gasteiger charge is -2.37. The van der Waals surface area contributed by atoms with Crippen LogP contribution in [-0.2, 0) is 15.9 Å². The lowest BCUT2D eigenvalue weighted by molar-refractivity contribution is 0.387. The fourth-order valence-electron chi connectivity index (χ4n) is 2.37. The Balaban J connectivity index is 2.47. The van der Waals surface area contributed by atoms with Crippen molar-refractivity contribution in [3.8, 4) is 0 Å². The highest BCUT2D eigenvalue weighted by molar-refractivity contribution is 9.10. The minimum absolute atomic E-state index is 0.0550. The molecule has 1 aliphatic heterocycles. The third kappa shape index (κ3) is 3.78. The van der Waals surface area contributed by atoms with Crippen LogP contribution in [0.2, 0.25) is 0 Å². The Morgan fingerprint density at radius 2 is 2.10 bits per heavy atom. The fraction of sp³-hybridized carbons (Fsp3) is 0.571. The van der Waals surface area contributed by atoms with Crippen LogP contribution in [0.1, 0.15) is 25.0 Å². The van der Waals surface area contributed by atoms with Gasteiger partial charge in [0.25, 0.3) is 0 Å². The highest BCUT2D eigenvalue weighted by Gasteiger charge is 2.35. The Kier molecular flexibility index (Phi) is 5.36. The van der Waals surface area contributed by atoms with E-state index < -0.39 is 10.0 Å². The highest BCUT2D eigenvalue weighted by atomic mass is 79.9. The summed E-state index contributed by atoms with van der Waals surface area (Å²) in [7, 11) is -3.49. The van der Waals surface area contributed by atoms with Gasteiger partial charge >= 0.3 is 0 Å². The number of nitrogens with zero attached hydrogens (tertiary/aromatic N) is 1. The Bertz CT molecular complexity index is 647. The van der Waals surface area contributed by atoms with E-state index in [1.165, 1.54) is 0 Å². The van der Waals surface area contributed by atoms with E-state index in [-0.39, 0.29) is 4.75 Å². The average Bonchev–Trinajstić information content (AvgIpc) is 2.40. The maximum absolute atomic E-state index is 13.0. The molecule has 0 spiro atoms. The van der Waals surface area contributed by atoms with Gasteiger partial charge in [-0.25, -0.2) is 8.42 Å². The van der Waals surface area contributed by atoms with Gasteiger partial charge in [-0.3, -0.25) is 0 Å². The monoisotopic (exact) mass is 411 g/mol. The average molecular weight is 413 g/mol. The predicted octanol–water partition coefficient (Wildman–Crippen LogP) is 4.01. The van der Waals surface area contributed by atoms with Crippen LogP contribution in [-0.4, -0.2) is 36.3 Å². The Labute approximate surface area is 144 Å². The smallest absolute Gasteiger partial charge is 0.207 e. The second-order valence-corrected chi connectivity index (χ2v) is 10.6. The molecule has 0 saturated carbocycles. The number of hydrogen-bond acceptors (Lipinski definition) is 3. The largest absolute Gasteiger partial charge is 0.243 e. The van der Waals surface area contributed by atoms with E-state index in [1.54, 1.807) is 10.4 Å². The summed E-state index contributed by atoms with van der Waals surface area (Å²) in [6, 6.07) is 3.56. The predicted molar refractivity (Wildman–Crippen MR) is 93.7 cm³/mol. The summed E-state index contributed by atoms with van der Waals surface area (Å²) >= 11 is 11.1. The second-order valence-electron chi connectivity index (χ2n) is 5.78.